The first-order valence-electron chi connectivity index (χ1n) is 8.32. The molecule has 25 heavy (non-hydrogen) atoms. The van der Waals surface area contributed by atoms with Crippen molar-refractivity contribution in [1.82, 2.24) is 9.13 Å². The molecule has 0 N–H and O–H groups in total. The SMILES string of the molecule is CC/C=c1\c(=C/CCOC)ccn1CC(F)(C(=O)OC)n1cccc1. The minimum atomic E-state index is -2.31. The molecule has 0 bridgehead atoms. The Bertz CT molecular complexity index is 795. The maximum atomic E-state index is 15.6. The average Bonchev–Trinajstić information content (AvgIpc) is 3.27. The second-order valence-electron chi connectivity index (χ2n) is 5.72. The maximum absolute atomic E-state index is 15.6. The van der Waals surface area contributed by atoms with Crippen LogP contribution < -0.4 is 10.6 Å². The van der Waals surface area contributed by atoms with Crippen LogP contribution in [0.15, 0.2) is 36.8 Å². The van der Waals surface area contributed by atoms with Crippen LogP contribution in [0.4, 0.5) is 4.39 Å². The first-order valence-corrected chi connectivity index (χ1v) is 8.32. The van der Waals surface area contributed by atoms with E-state index in [4.69, 9.17) is 9.47 Å². The zero-order valence-electron chi connectivity index (χ0n) is 14.9. The van der Waals surface area contributed by atoms with Crippen LogP contribution in [0.3, 0.4) is 0 Å². The Labute approximate surface area is 147 Å². The topological polar surface area (TPSA) is 45.4 Å². The van der Waals surface area contributed by atoms with E-state index in [-0.39, 0.29) is 6.54 Å². The fraction of sp³-hybridized carbons (Fsp3) is 0.421. The van der Waals surface area contributed by atoms with Gasteiger partial charge in [-0.1, -0.05) is 19.1 Å². The molecule has 0 aliphatic carbocycles. The van der Waals surface area contributed by atoms with Gasteiger partial charge in [-0.15, -0.1) is 0 Å². The largest absolute Gasteiger partial charge is 0.465 e. The Morgan fingerprint density at radius 1 is 1.24 bits per heavy atom. The number of hydrogen-bond donors (Lipinski definition) is 0. The van der Waals surface area contributed by atoms with Crippen molar-refractivity contribution in [2.24, 2.45) is 0 Å². The highest BCUT2D eigenvalue weighted by atomic mass is 19.1. The predicted molar refractivity (Wildman–Crippen MR) is 94.9 cm³/mol. The highest BCUT2D eigenvalue weighted by molar-refractivity contribution is 5.76. The molecule has 0 aliphatic rings. The number of esters is 1. The van der Waals surface area contributed by atoms with Crippen LogP contribution in [0.5, 0.6) is 0 Å². The van der Waals surface area contributed by atoms with Gasteiger partial charge in [0, 0.05) is 37.7 Å². The van der Waals surface area contributed by atoms with Gasteiger partial charge in [0.2, 0.25) is 0 Å². The molecule has 2 heterocycles. The fourth-order valence-corrected chi connectivity index (χ4v) is 2.78. The molecule has 0 radical (unpaired) electrons. The number of alkyl halides is 1. The predicted octanol–water partition coefficient (Wildman–Crippen LogP) is 1.79. The van der Waals surface area contributed by atoms with Crippen LogP contribution in [0, 0.1) is 0 Å². The zero-order chi connectivity index (χ0) is 18.3. The number of hydrogen-bond acceptors (Lipinski definition) is 3. The standard InChI is InChI=1S/C19H25FN2O3/c1-4-8-17-16(9-7-14-24-2)10-13-21(17)15-19(20,18(23)25-3)22-11-5-6-12-22/h5-6,8-13H,4,7,14-15H2,1-3H3/b16-9-,17-8+. The molecule has 6 heteroatoms. The van der Waals surface area contributed by atoms with Crippen LogP contribution >= 0.6 is 0 Å². The summed E-state index contributed by atoms with van der Waals surface area (Å²) in [4.78, 5) is 12.2. The molecule has 0 aromatic carbocycles. The van der Waals surface area contributed by atoms with E-state index in [0.29, 0.717) is 6.61 Å². The van der Waals surface area contributed by atoms with Crippen LogP contribution in [-0.2, 0) is 26.6 Å². The molecule has 1 atom stereocenters. The van der Waals surface area contributed by atoms with Gasteiger partial charge in [-0.2, -0.15) is 0 Å². The third kappa shape index (κ3) is 4.20. The molecule has 0 fully saturated rings. The first kappa shape index (κ1) is 19.0. The number of carbonyl (C=O) groups excluding carboxylic acids is 1. The van der Waals surface area contributed by atoms with Gasteiger partial charge < -0.3 is 18.6 Å². The smallest absolute Gasteiger partial charge is 0.367 e. The van der Waals surface area contributed by atoms with Crippen molar-refractivity contribution in [2.45, 2.75) is 32.1 Å². The summed E-state index contributed by atoms with van der Waals surface area (Å²) in [6.45, 7) is 2.47. The van der Waals surface area contributed by atoms with Crippen molar-refractivity contribution in [3.05, 3.63) is 47.4 Å². The average molecular weight is 348 g/mol. The summed E-state index contributed by atoms with van der Waals surface area (Å²) in [5.74, 6) is -3.23. The summed E-state index contributed by atoms with van der Waals surface area (Å²) < 4.78 is 28.4. The second-order valence-corrected chi connectivity index (χ2v) is 5.72. The van der Waals surface area contributed by atoms with Crippen molar-refractivity contribution in [1.29, 1.82) is 0 Å². The summed E-state index contributed by atoms with van der Waals surface area (Å²) in [5.41, 5.74) is 0. The van der Waals surface area contributed by atoms with Crippen molar-refractivity contribution < 1.29 is 18.7 Å². The molecule has 0 saturated carbocycles. The number of halogens is 1. The third-order valence-corrected chi connectivity index (χ3v) is 4.01. The van der Waals surface area contributed by atoms with Crippen LogP contribution in [0.1, 0.15) is 19.8 Å². The summed E-state index contributed by atoms with van der Waals surface area (Å²) >= 11 is 0. The molecule has 2 rings (SSSR count). The highest BCUT2D eigenvalue weighted by Gasteiger charge is 2.42. The van der Waals surface area contributed by atoms with Gasteiger partial charge >= 0.3 is 11.8 Å². The van der Waals surface area contributed by atoms with E-state index in [1.807, 2.05) is 19.1 Å². The van der Waals surface area contributed by atoms with E-state index in [2.05, 4.69) is 6.08 Å². The fourth-order valence-electron chi connectivity index (χ4n) is 2.78. The molecule has 0 aliphatic heterocycles. The molecule has 5 nitrogen and oxygen atoms in total. The minimum Gasteiger partial charge on any atom is -0.465 e. The first-order chi connectivity index (χ1) is 12.1. The molecular weight excluding hydrogens is 323 g/mol. The van der Waals surface area contributed by atoms with Gasteiger partial charge in [-0.25, -0.2) is 9.18 Å². The number of methoxy groups -OCH3 is 2. The number of aromatic nitrogens is 2. The highest BCUT2D eigenvalue weighted by Crippen LogP contribution is 2.22. The van der Waals surface area contributed by atoms with E-state index < -0.39 is 11.8 Å². The van der Waals surface area contributed by atoms with Gasteiger partial charge in [0.25, 0.3) is 0 Å². The van der Waals surface area contributed by atoms with E-state index in [9.17, 15) is 4.79 Å². The number of rotatable bonds is 8. The zero-order valence-corrected chi connectivity index (χ0v) is 14.9. The Morgan fingerprint density at radius 2 is 1.96 bits per heavy atom. The summed E-state index contributed by atoms with van der Waals surface area (Å²) in [6, 6.07) is 5.27. The van der Waals surface area contributed by atoms with Crippen LogP contribution in [-0.4, -0.2) is 35.9 Å². The lowest BCUT2D eigenvalue weighted by Crippen LogP contribution is -2.44. The van der Waals surface area contributed by atoms with Gasteiger partial charge in [0.15, 0.2) is 0 Å². The monoisotopic (exact) mass is 348 g/mol. The lowest BCUT2D eigenvalue weighted by Gasteiger charge is -2.25. The lowest BCUT2D eigenvalue weighted by atomic mass is 10.2. The summed E-state index contributed by atoms with van der Waals surface area (Å²) in [6.07, 6.45) is 10.5. The molecule has 2 aromatic rings. The van der Waals surface area contributed by atoms with E-state index >= 15 is 4.39 Å². The van der Waals surface area contributed by atoms with Crippen LogP contribution in [0.25, 0.3) is 12.2 Å². The van der Waals surface area contributed by atoms with E-state index in [0.717, 1.165) is 23.4 Å². The molecular formula is C19H25FN2O3. The van der Waals surface area contributed by atoms with Gasteiger partial charge in [-0.05, 0) is 36.3 Å². The number of carbonyl (C=O) groups is 1. The van der Waals surface area contributed by atoms with Gasteiger partial charge in [0.1, 0.15) is 0 Å². The molecule has 1 unspecified atom stereocenters. The Hall–Kier alpha value is -2.34. The van der Waals surface area contributed by atoms with Crippen LogP contribution in [0.2, 0.25) is 0 Å². The van der Waals surface area contributed by atoms with Gasteiger partial charge in [0.05, 0.1) is 13.7 Å². The lowest BCUT2D eigenvalue weighted by molar-refractivity contribution is -0.164. The van der Waals surface area contributed by atoms with Crippen molar-refractivity contribution in [2.75, 3.05) is 20.8 Å². The Balaban J connectivity index is 2.45. The Kier molecular flexibility index (Phi) is 6.58. The number of ether oxygens (including phenoxy) is 2. The van der Waals surface area contributed by atoms with Crippen molar-refractivity contribution >= 4 is 18.1 Å². The minimum absolute atomic E-state index is 0.168. The number of nitrogens with zero attached hydrogens (tertiary/aromatic N) is 2. The molecule has 0 saturated heterocycles. The normalized spacial score (nSPS) is 15.4. The molecule has 2 aromatic heterocycles. The Morgan fingerprint density at radius 3 is 2.56 bits per heavy atom. The summed E-state index contributed by atoms with van der Waals surface area (Å²) in [7, 11) is 2.85. The molecule has 0 amide bonds. The quantitative estimate of drug-likeness (QED) is 0.540. The molecule has 0 spiro atoms. The van der Waals surface area contributed by atoms with E-state index in [1.54, 1.807) is 30.0 Å². The van der Waals surface area contributed by atoms with E-state index in [1.165, 1.54) is 24.1 Å². The molecule has 136 valence electrons. The second kappa shape index (κ2) is 8.67. The maximum Gasteiger partial charge on any atom is 0.367 e. The third-order valence-electron chi connectivity index (χ3n) is 4.01. The van der Waals surface area contributed by atoms with Crippen molar-refractivity contribution in [3.8, 4) is 0 Å². The van der Waals surface area contributed by atoms with Crippen molar-refractivity contribution in [3.63, 3.8) is 0 Å². The van der Waals surface area contributed by atoms with Gasteiger partial charge in [-0.3, -0.25) is 0 Å². The summed E-state index contributed by atoms with van der Waals surface area (Å²) in [5, 5.41) is 1.88.